The van der Waals surface area contributed by atoms with E-state index in [-0.39, 0.29) is 0 Å². The summed E-state index contributed by atoms with van der Waals surface area (Å²) in [6.07, 6.45) is 21.8. The minimum absolute atomic E-state index is 0.545. The highest BCUT2D eigenvalue weighted by atomic mass is 16.8. The molecule has 0 aromatic heterocycles. The molecule has 0 saturated heterocycles. The van der Waals surface area contributed by atoms with Crippen molar-refractivity contribution in [2.75, 3.05) is 14.2 Å². The number of unbranched alkanes of at least 4 members (excludes halogenated alkanes) is 11. The largest absolute Gasteiger partial charge is 0.343 e. The zero-order chi connectivity index (χ0) is 17.2. The maximum absolute atomic E-state index is 9.78. The lowest BCUT2D eigenvalue weighted by Crippen LogP contribution is -2.32. The topological polar surface area (TPSA) is 38.7 Å². The standard InChI is InChI=1S/C20H40O3/c1-4-5-6-7-8-9-10-11-12-13-14-15-16-17-18-19-20(21,22-2)23-3/h9-10,21H,4-8,11-19H2,1-3H3. The van der Waals surface area contributed by atoms with Crippen LogP contribution in [0, 0.1) is 0 Å². The van der Waals surface area contributed by atoms with Crippen LogP contribution in [0.2, 0.25) is 0 Å². The molecule has 0 rings (SSSR count). The van der Waals surface area contributed by atoms with Gasteiger partial charge in [-0.05, 0) is 32.1 Å². The Balaban J connectivity index is 3.23. The maximum atomic E-state index is 9.78. The van der Waals surface area contributed by atoms with E-state index in [0.29, 0.717) is 6.42 Å². The molecule has 138 valence electrons. The van der Waals surface area contributed by atoms with E-state index in [2.05, 4.69) is 19.1 Å². The summed E-state index contributed by atoms with van der Waals surface area (Å²) in [5.41, 5.74) is 0. The predicted molar refractivity (Wildman–Crippen MR) is 98.4 cm³/mol. The zero-order valence-corrected chi connectivity index (χ0v) is 15.8. The molecule has 3 heteroatoms. The summed E-state index contributed by atoms with van der Waals surface area (Å²) < 4.78 is 9.87. The van der Waals surface area contributed by atoms with Crippen molar-refractivity contribution in [1.29, 1.82) is 0 Å². The van der Waals surface area contributed by atoms with Gasteiger partial charge in [0, 0.05) is 20.6 Å². The second-order valence-electron chi connectivity index (χ2n) is 6.46. The molecule has 0 unspecified atom stereocenters. The van der Waals surface area contributed by atoms with Crippen LogP contribution < -0.4 is 0 Å². The molecule has 23 heavy (non-hydrogen) atoms. The third-order valence-corrected chi connectivity index (χ3v) is 4.39. The molecule has 0 radical (unpaired) electrons. The third-order valence-electron chi connectivity index (χ3n) is 4.39. The minimum Gasteiger partial charge on any atom is -0.343 e. The average Bonchev–Trinajstić information content (AvgIpc) is 2.58. The Hall–Kier alpha value is -0.380. The molecule has 1 N–H and O–H groups in total. The van der Waals surface area contributed by atoms with E-state index in [4.69, 9.17) is 9.47 Å². The van der Waals surface area contributed by atoms with Crippen LogP contribution in [-0.2, 0) is 9.47 Å². The van der Waals surface area contributed by atoms with Gasteiger partial charge in [-0.3, -0.25) is 0 Å². The summed E-state index contributed by atoms with van der Waals surface area (Å²) in [5.74, 6) is -1.39. The van der Waals surface area contributed by atoms with Crippen molar-refractivity contribution in [3.8, 4) is 0 Å². The van der Waals surface area contributed by atoms with Gasteiger partial charge >= 0.3 is 0 Å². The minimum atomic E-state index is -1.39. The number of hydrogen-bond acceptors (Lipinski definition) is 3. The van der Waals surface area contributed by atoms with E-state index in [9.17, 15) is 5.11 Å². The molecule has 0 aromatic rings. The normalized spacial score (nSPS) is 12.3. The molecule has 0 aromatic carbocycles. The fourth-order valence-corrected chi connectivity index (χ4v) is 2.71. The lowest BCUT2D eigenvalue weighted by molar-refractivity contribution is -0.342. The van der Waals surface area contributed by atoms with Crippen molar-refractivity contribution in [1.82, 2.24) is 0 Å². The molecular weight excluding hydrogens is 288 g/mol. The number of ether oxygens (including phenoxy) is 2. The van der Waals surface area contributed by atoms with E-state index >= 15 is 0 Å². The Labute approximate surface area is 144 Å². The second kappa shape index (κ2) is 16.5. The van der Waals surface area contributed by atoms with Crippen LogP contribution in [0.25, 0.3) is 0 Å². The molecule has 0 bridgehead atoms. The fourth-order valence-electron chi connectivity index (χ4n) is 2.71. The van der Waals surface area contributed by atoms with E-state index in [1.807, 2.05) is 0 Å². The highest BCUT2D eigenvalue weighted by Gasteiger charge is 2.24. The first-order valence-electron chi connectivity index (χ1n) is 9.66. The van der Waals surface area contributed by atoms with Crippen molar-refractivity contribution >= 4 is 0 Å². The molecule has 0 fully saturated rings. The Bertz CT molecular complexity index is 260. The van der Waals surface area contributed by atoms with Gasteiger partial charge in [0.1, 0.15) is 0 Å². The Morgan fingerprint density at radius 2 is 1.13 bits per heavy atom. The molecule has 0 aliphatic rings. The molecule has 0 heterocycles. The van der Waals surface area contributed by atoms with Gasteiger partial charge < -0.3 is 14.6 Å². The van der Waals surface area contributed by atoms with Crippen LogP contribution in [-0.4, -0.2) is 25.3 Å². The van der Waals surface area contributed by atoms with Crippen LogP contribution in [0.4, 0.5) is 0 Å². The summed E-state index contributed by atoms with van der Waals surface area (Å²) in [6.45, 7) is 2.26. The molecule has 3 nitrogen and oxygen atoms in total. The predicted octanol–water partition coefficient (Wildman–Crippen LogP) is 5.96. The van der Waals surface area contributed by atoms with Gasteiger partial charge in [-0.1, -0.05) is 70.4 Å². The summed E-state index contributed by atoms with van der Waals surface area (Å²) in [6, 6.07) is 0. The van der Waals surface area contributed by atoms with Gasteiger partial charge in [-0.2, -0.15) is 0 Å². The summed E-state index contributed by atoms with van der Waals surface area (Å²) in [5, 5.41) is 9.78. The second-order valence-corrected chi connectivity index (χ2v) is 6.46. The highest BCUT2D eigenvalue weighted by molar-refractivity contribution is 4.81. The van der Waals surface area contributed by atoms with Crippen molar-refractivity contribution in [2.24, 2.45) is 0 Å². The molecule has 0 aliphatic carbocycles. The Morgan fingerprint density at radius 1 is 0.696 bits per heavy atom. The number of hydrogen-bond donors (Lipinski definition) is 1. The number of allylic oxidation sites excluding steroid dienone is 2. The third kappa shape index (κ3) is 14.9. The van der Waals surface area contributed by atoms with Crippen molar-refractivity contribution in [3.63, 3.8) is 0 Å². The number of methoxy groups -OCH3 is 2. The lowest BCUT2D eigenvalue weighted by atomic mass is 10.1. The van der Waals surface area contributed by atoms with Crippen molar-refractivity contribution < 1.29 is 14.6 Å². The number of aliphatic hydroxyl groups is 1. The number of rotatable bonds is 17. The van der Waals surface area contributed by atoms with Gasteiger partial charge in [0.25, 0.3) is 5.97 Å². The van der Waals surface area contributed by atoms with Gasteiger partial charge in [0.05, 0.1) is 0 Å². The van der Waals surface area contributed by atoms with Gasteiger partial charge in [-0.15, -0.1) is 0 Å². The quantitative estimate of drug-likeness (QED) is 0.203. The van der Waals surface area contributed by atoms with E-state index in [0.717, 1.165) is 12.8 Å². The lowest BCUT2D eigenvalue weighted by Gasteiger charge is -2.23. The van der Waals surface area contributed by atoms with Crippen LogP contribution in [0.1, 0.15) is 96.8 Å². The van der Waals surface area contributed by atoms with Crippen LogP contribution in [0.3, 0.4) is 0 Å². The molecule has 0 spiro atoms. The average molecular weight is 329 g/mol. The van der Waals surface area contributed by atoms with Gasteiger partial charge in [-0.25, -0.2) is 0 Å². The monoisotopic (exact) mass is 328 g/mol. The zero-order valence-electron chi connectivity index (χ0n) is 15.8. The molecule has 0 amide bonds. The summed E-state index contributed by atoms with van der Waals surface area (Å²) in [7, 11) is 2.95. The SMILES string of the molecule is CCCCCCC=CCCCCCCCCCC(O)(OC)OC. The molecule has 0 atom stereocenters. The van der Waals surface area contributed by atoms with Crippen molar-refractivity contribution in [3.05, 3.63) is 12.2 Å². The summed E-state index contributed by atoms with van der Waals surface area (Å²) >= 11 is 0. The van der Waals surface area contributed by atoms with Gasteiger partial charge in [0.15, 0.2) is 0 Å². The maximum Gasteiger partial charge on any atom is 0.279 e. The van der Waals surface area contributed by atoms with Crippen molar-refractivity contribution in [2.45, 2.75) is 103 Å². The Kier molecular flexibility index (Phi) is 16.2. The van der Waals surface area contributed by atoms with Gasteiger partial charge in [0.2, 0.25) is 0 Å². The van der Waals surface area contributed by atoms with Crippen LogP contribution in [0.15, 0.2) is 12.2 Å². The Morgan fingerprint density at radius 3 is 1.61 bits per heavy atom. The van der Waals surface area contributed by atoms with E-state index < -0.39 is 5.97 Å². The van der Waals surface area contributed by atoms with E-state index in [1.54, 1.807) is 0 Å². The van der Waals surface area contributed by atoms with Crippen LogP contribution in [0.5, 0.6) is 0 Å². The highest BCUT2D eigenvalue weighted by Crippen LogP contribution is 2.18. The molecular formula is C20H40O3. The molecule has 0 aliphatic heterocycles. The van der Waals surface area contributed by atoms with Crippen LogP contribution >= 0.6 is 0 Å². The first-order valence-corrected chi connectivity index (χ1v) is 9.66. The fraction of sp³-hybridized carbons (Fsp3) is 0.900. The smallest absolute Gasteiger partial charge is 0.279 e. The summed E-state index contributed by atoms with van der Waals surface area (Å²) in [4.78, 5) is 0. The first-order chi connectivity index (χ1) is 11.2. The van der Waals surface area contributed by atoms with E-state index in [1.165, 1.54) is 84.8 Å². The molecule has 0 saturated carbocycles. The first kappa shape index (κ1) is 22.6.